The molecule has 0 unspecified atom stereocenters. The van der Waals surface area contributed by atoms with Crippen LogP contribution in [0.1, 0.15) is 17.3 Å². The van der Waals surface area contributed by atoms with Gasteiger partial charge in [-0.15, -0.1) is 6.42 Å². The Hall–Kier alpha value is -1.82. The zero-order valence-electron chi connectivity index (χ0n) is 7.71. The first-order valence-electron chi connectivity index (χ1n) is 4.02. The third-order valence-electron chi connectivity index (χ3n) is 1.63. The molecular formula is C11H9FO2. The van der Waals surface area contributed by atoms with Gasteiger partial charge in [0.15, 0.2) is 5.78 Å². The van der Waals surface area contributed by atoms with Gasteiger partial charge in [-0.25, -0.2) is 4.39 Å². The van der Waals surface area contributed by atoms with Gasteiger partial charge in [-0.05, 0) is 25.1 Å². The zero-order chi connectivity index (χ0) is 10.6. The van der Waals surface area contributed by atoms with Gasteiger partial charge in [0.1, 0.15) is 18.2 Å². The summed E-state index contributed by atoms with van der Waals surface area (Å²) in [6.45, 7) is 1.41. The van der Waals surface area contributed by atoms with Crippen LogP contribution in [-0.2, 0) is 0 Å². The van der Waals surface area contributed by atoms with E-state index in [4.69, 9.17) is 11.2 Å². The molecule has 0 aliphatic rings. The van der Waals surface area contributed by atoms with Gasteiger partial charge in [-0.2, -0.15) is 0 Å². The summed E-state index contributed by atoms with van der Waals surface area (Å²) in [6, 6.07) is 3.75. The summed E-state index contributed by atoms with van der Waals surface area (Å²) in [4.78, 5) is 11.1. The highest BCUT2D eigenvalue weighted by Crippen LogP contribution is 2.19. The summed E-state index contributed by atoms with van der Waals surface area (Å²) >= 11 is 0. The van der Waals surface area contributed by atoms with Crippen molar-refractivity contribution in [2.45, 2.75) is 6.92 Å². The van der Waals surface area contributed by atoms with Crippen LogP contribution in [0, 0.1) is 18.2 Å². The average molecular weight is 192 g/mol. The maximum Gasteiger partial charge on any atom is 0.163 e. The van der Waals surface area contributed by atoms with E-state index in [0.29, 0.717) is 5.75 Å². The summed E-state index contributed by atoms with van der Waals surface area (Å²) in [5, 5.41) is 0. The summed E-state index contributed by atoms with van der Waals surface area (Å²) in [5.41, 5.74) is 0.209. The van der Waals surface area contributed by atoms with Crippen LogP contribution in [0.5, 0.6) is 5.75 Å². The molecule has 1 aromatic carbocycles. The van der Waals surface area contributed by atoms with Crippen LogP contribution < -0.4 is 4.74 Å². The summed E-state index contributed by atoms with van der Waals surface area (Å²) < 4.78 is 17.9. The molecule has 72 valence electrons. The highest BCUT2D eigenvalue weighted by molar-refractivity contribution is 5.96. The first-order valence-corrected chi connectivity index (χ1v) is 4.02. The standard InChI is InChI=1S/C11H9FO2/c1-3-6-14-11-5-4-9(12)7-10(11)8(2)13/h1,4-5,7H,6H2,2H3. The van der Waals surface area contributed by atoms with Crippen LogP contribution in [-0.4, -0.2) is 12.4 Å². The van der Waals surface area contributed by atoms with Gasteiger partial charge in [0.2, 0.25) is 0 Å². The third kappa shape index (κ3) is 2.33. The molecule has 0 amide bonds. The van der Waals surface area contributed by atoms with Crippen molar-refractivity contribution in [2.24, 2.45) is 0 Å². The quantitative estimate of drug-likeness (QED) is 0.541. The molecule has 0 aliphatic carbocycles. The van der Waals surface area contributed by atoms with Crippen LogP contribution in [0.15, 0.2) is 18.2 Å². The molecule has 1 aromatic rings. The number of benzene rings is 1. The monoisotopic (exact) mass is 192 g/mol. The molecule has 0 saturated carbocycles. The van der Waals surface area contributed by atoms with E-state index in [0.717, 1.165) is 6.07 Å². The van der Waals surface area contributed by atoms with Gasteiger partial charge < -0.3 is 4.74 Å². The molecule has 0 aliphatic heterocycles. The van der Waals surface area contributed by atoms with Gasteiger partial charge in [0.05, 0.1) is 5.56 Å². The molecular weight excluding hydrogens is 183 g/mol. The normalized spacial score (nSPS) is 9.21. The van der Waals surface area contributed by atoms with Crippen molar-refractivity contribution in [1.82, 2.24) is 0 Å². The van der Waals surface area contributed by atoms with E-state index < -0.39 is 5.82 Å². The van der Waals surface area contributed by atoms with Gasteiger partial charge in [0, 0.05) is 0 Å². The minimum Gasteiger partial charge on any atom is -0.480 e. The van der Waals surface area contributed by atoms with Crippen LogP contribution in [0.2, 0.25) is 0 Å². The molecule has 0 fully saturated rings. The van der Waals surface area contributed by atoms with Gasteiger partial charge >= 0.3 is 0 Å². The Balaban J connectivity index is 3.03. The summed E-state index contributed by atoms with van der Waals surface area (Å²) in [7, 11) is 0. The molecule has 14 heavy (non-hydrogen) atoms. The van der Waals surface area contributed by atoms with Crippen LogP contribution in [0.4, 0.5) is 4.39 Å². The summed E-state index contributed by atoms with van der Waals surface area (Å²) in [5.74, 6) is 1.86. The Kier molecular flexibility index (Phi) is 3.24. The second-order valence-electron chi connectivity index (χ2n) is 2.69. The number of ketones is 1. The highest BCUT2D eigenvalue weighted by atomic mass is 19.1. The third-order valence-corrected chi connectivity index (χ3v) is 1.63. The lowest BCUT2D eigenvalue weighted by Gasteiger charge is -2.06. The molecule has 3 heteroatoms. The van der Waals surface area contributed by atoms with Gasteiger partial charge in [0.25, 0.3) is 0 Å². The maximum absolute atomic E-state index is 12.8. The number of carbonyl (C=O) groups excluding carboxylic acids is 1. The lowest BCUT2D eigenvalue weighted by Crippen LogP contribution is -2.01. The number of Topliss-reactive ketones (excluding diaryl/α,β-unsaturated/α-hetero) is 1. The number of carbonyl (C=O) groups is 1. The van der Waals surface area contributed by atoms with E-state index in [2.05, 4.69) is 5.92 Å². The van der Waals surface area contributed by atoms with Crippen molar-refractivity contribution >= 4 is 5.78 Å². The Morgan fingerprint density at radius 1 is 1.64 bits per heavy atom. The topological polar surface area (TPSA) is 26.3 Å². The van der Waals surface area contributed by atoms with E-state index >= 15 is 0 Å². The molecule has 0 spiro atoms. The molecule has 0 radical (unpaired) electrons. The fraction of sp³-hybridized carbons (Fsp3) is 0.182. The minimum absolute atomic E-state index is 0.0614. The fourth-order valence-corrected chi connectivity index (χ4v) is 1.02. The molecule has 0 saturated heterocycles. The zero-order valence-corrected chi connectivity index (χ0v) is 7.71. The van der Waals surface area contributed by atoms with E-state index in [1.807, 2.05) is 0 Å². The minimum atomic E-state index is -0.469. The van der Waals surface area contributed by atoms with E-state index in [-0.39, 0.29) is 18.0 Å². The van der Waals surface area contributed by atoms with Crippen molar-refractivity contribution in [3.63, 3.8) is 0 Å². The second kappa shape index (κ2) is 4.43. The van der Waals surface area contributed by atoms with E-state index in [1.54, 1.807) is 0 Å². The lowest BCUT2D eigenvalue weighted by atomic mass is 10.1. The highest BCUT2D eigenvalue weighted by Gasteiger charge is 2.09. The Morgan fingerprint density at radius 3 is 2.93 bits per heavy atom. The number of ether oxygens (including phenoxy) is 1. The van der Waals surface area contributed by atoms with Crippen molar-refractivity contribution in [3.05, 3.63) is 29.6 Å². The van der Waals surface area contributed by atoms with E-state index in [9.17, 15) is 9.18 Å². The molecule has 2 nitrogen and oxygen atoms in total. The molecule has 0 bridgehead atoms. The number of hydrogen-bond donors (Lipinski definition) is 0. The first kappa shape index (κ1) is 10.3. The van der Waals surface area contributed by atoms with Crippen LogP contribution >= 0.6 is 0 Å². The van der Waals surface area contributed by atoms with Crippen molar-refractivity contribution in [2.75, 3.05) is 6.61 Å². The number of rotatable bonds is 3. The molecule has 1 rings (SSSR count). The van der Waals surface area contributed by atoms with Crippen molar-refractivity contribution in [3.8, 4) is 18.1 Å². The lowest BCUT2D eigenvalue weighted by molar-refractivity contribution is 0.101. The summed E-state index contributed by atoms with van der Waals surface area (Å²) in [6.07, 6.45) is 5.00. The van der Waals surface area contributed by atoms with Crippen molar-refractivity contribution < 1.29 is 13.9 Å². The number of halogens is 1. The smallest absolute Gasteiger partial charge is 0.163 e. The maximum atomic E-state index is 12.8. The predicted octanol–water partition coefficient (Wildman–Crippen LogP) is 2.04. The predicted molar refractivity (Wildman–Crippen MR) is 50.7 cm³/mol. The molecule has 0 heterocycles. The molecule has 0 aromatic heterocycles. The number of hydrogen-bond acceptors (Lipinski definition) is 2. The average Bonchev–Trinajstić information content (AvgIpc) is 2.15. The molecule has 0 atom stereocenters. The Labute approximate surface area is 81.7 Å². The Morgan fingerprint density at radius 2 is 2.36 bits per heavy atom. The largest absolute Gasteiger partial charge is 0.480 e. The first-order chi connectivity index (χ1) is 6.65. The van der Waals surface area contributed by atoms with E-state index in [1.165, 1.54) is 19.1 Å². The molecule has 0 N–H and O–H groups in total. The number of terminal acetylenes is 1. The van der Waals surface area contributed by atoms with Gasteiger partial charge in [-0.1, -0.05) is 5.92 Å². The second-order valence-corrected chi connectivity index (χ2v) is 2.69. The van der Waals surface area contributed by atoms with Crippen LogP contribution in [0.3, 0.4) is 0 Å². The SMILES string of the molecule is C#CCOc1ccc(F)cc1C(C)=O. The fourth-order valence-electron chi connectivity index (χ4n) is 1.02. The van der Waals surface area contributed by atoms with Gasteiger partial charge in [-0.3, -0.25) is 4.79 Å². The van der Waals surface area contributed by atoms with Crippen molar-refractivity contribution in [1.29, 1.82) is 0 Å². The van der Waals surface area contributed by atoms with Crippen LogP contribution in [0.25, 0.3) is 0 Å². The Bertz CT molecular complexity index is 391.